The van der Waals surface area contributed by atoms with Crippen molar-refractivity contribution in [1.82, 2.24) is 0 Å². The molecule has 4 atom stereocenters. The van der Waals surface area contributed by atoms with Crippen LogP contribution < -0.4 is 0 Å². The Hall–Kier alpha value is -0.120. The minimum absolute atomic E-state index is 0.00468. The first-order chi connectivity index (χ1) is 4.86. The van der Waals surface area contributed by atoms with Gasteiger partial charge < -0.3 is 14.2 Å². The first-order valence-corrected chi connectivity index (χ1v) is 3.58. The third-order valence-electron chi connectivity index (χ3n) is 2.32. The summed E-state index contributed by atoms with van der Waals surface area (Å²) in [5, 5.41) is 0. The van der Waals surface area contributed by atoms with Gasteiger partial charge in [-0.3, -0.25) is 0 Å². The molecule has 2 rings (SSSR count). The van der Waals surface area contributed by atoms with Gasteiger partial charge in [0.1, 0.15) is 0 Å². The van der Waals surface area contributed by atoms with E-state index in [2.05, 4.69) is 0 Å². The van der Waals surface area contributed by atoms with Crippen LogP contribution in [0.4, 0.5) is 0 Å². The van der Waals surface area contributed by atoms with Gasteiger partial charge >= 0.3 is 0 Å². The minimum atomic E-state index is -0.00468. The maximum atomic E-state index is 5.38. The zero-order valence-electron chi connectivity index (χ0n) is 6.24. The van der Waals surface area contributed by atoms with Crippen molar-refractivity contribution in [2.45, 2.75) is 19.0 Å². The molecular weight excluding hydrogens is 132 g/mol. The van der Waals surface area contributed by atoms with Crippen molar-refractivity contribution < 1.29 is 14.2 Å². The minimum Gasteiger partial charge on any atom is -0.355 e. The number of rotatable bonds is 2. The number of hydrogen-bond acceptors (Lipinski definition) is 3. The van der Waals surface area contributed by atoms with Crippen LogP contribution in [0.2, 0.25) is 0 Å². The lowest BCUT2D eigenvalue weighted by molar-refractivity contribution is -0.207. The molecule has 10 heavy (non-hydrogen) atoms. The van der Waals surface area contributed by atoms with E-state index < -0.39 is 0 Å². The molecule has 1 saturated carbocycles. The molecule has 3 heteroatoms. The van der Waals surface area contributed by atoms with Crippen LogP contribution in [0.5, 0.6) is 0 Å². The van der Waals surface area contributed by atoms with Crippen molar-refractivity contribution in [3.05, 3.63) is 0 Å². The van der Waals surface area contributed by atoms with E-state index in [-0.39, 0.29) is 12.6 Å². The van der Waals surface area contributed by atoms with Crippen LogP contribution in [0, 0.1) is 11.8 Å². The zero-order chi connectivity index (χ0) is 7.14. The molecule has 0 bridgehead atoms. The van der Waals surface area contributed by atoms with Crippen LogP contribution in [0.25, 0.3) is 0 Å². The normalized spacial score (nSPS) is 51.0. The van der Waals surface area contributed by atoms with E-state index in [4.69, 9.17) is 14.2 Å². The molecule has 0 radical (unpaired) electrons. The van der Waals surface area contributed by atoms with Gasteiger partial charge in [0.05, 0.1) is 0 Å². The maximum Gasteiger partial charge on any atom is 0.163 e. The Morgan fingerprint density at radius 2 is 1.60 bits per heavy atom. The molecular formula is C7H12O3. The SMILES string of the molecule is COC1OC(OC)C2CC12. The van der Waals surface area contributed by atoms with Crippen LogP contribution in [0.15, 0.2) is 0 Å². The average molecular weight is 144 g/mol. The molecule has 3 nitrogen and oxygen atoms in total. The fourth-order valence-corrected chi connectivity index (χ4v) is 1.66. The second kappa shape index (κ2) is 2.19. The average Bonchev–Trinajstić information content (AvgIpc) is 2.67. The van der Waals surface area contributed by atoms with Crippen LogP contribution >= 0.6 is 0 Å². The Bertz CT molecular complexity index is 123. The highest BCUT2D eigenvalue weighted by molar-refractivity contribution is 4.96. The first kappa shape index (κ1) is 6.58. The standard InChI is InChI=1S/C7H12O3/c1-8-6-4-3-5(4)7(9-2)10-6/h4-7H,3H2,1-2H3. The van der Waals surface area contributed by atoms with E-state index in [1.807, 2.05) is 0 Å². The van der Waals surface area contributed by atoms with Crippen LogP contribution in [0.1, 0.15) is 6.42 Å². The number of fused-ring (bicyclic) bond motifs is 1. The lowest BCUT2D eigenvalue weighted by atomic mass is 10.3. The fraction of sp³-hybridized carbons (Fsp3) is 1.00. The summed E-state index contributed by atoms with van der Waals surface area (Å²) >= 11 is 0. The molecule has 2 fully saturated rings. The van der Waals surface area contributed by atoms with Gasteiger partial charge in [0.15, 0.2) is 12.6 Å². The molecule has 0 N–H and O–H groups in total. The van der Waals surface area contributed by atoms with Gasteiger partial charge in [0.2, 0.25) is 0 Å². The quantitative estimate of drug-likeness (QED) is 0.568. The molecule has 0 amide bonds. The summed E-state index contributed by atoms with van der Waals surface area (Å²) in [6.07, 6.45) is 1.20. The highest BCUT2D eigenvalue weighted by Crippen LogP contribution is 2.52. The number of methoxy groups -OCH3 is 2. The monoisotopic (exact) mass is 144 g/mol. The predicted molar refractivity (Wildman–Crippen MR) is 34.3 cm³/mol. The molecule has 0 aromatic rings. The van der Waals surface area contributed by atoms with Crippen LogP contribution in [-0.4, -0.2) is 26.8 Å². The smallest absolute Gasteiger partial charge is 0.163 e. The largest absolute Gasteiger partial charge is 0.355 e. The Morgan fingerprint density at radius 1 is 1.10 bits per heavy atom. The molecule has 0 aromatic heterocycles. The van der Waals surface area contributed by atoms with Gasteiger partial charge in [-0.15, -0.1) is 0 Å². The first-order valence-electron chi connectivity index (χ1n) is 3.58. The lowest BCUT2D eigenvalue weighted by Crippen LogP contribution is -2.19. The van der Waals surface area contributed by atoms with Gasteiger partial charge in [-0.05, 0) is 6.42 Å². The van der Waals surface area contributed by atoms with Crippen molar-refractivity contribution in [3.63, 3.8) is 0 Å². The molecule has 0 aromatic carbocycles. The summed E-state index contributed by atoms with van der Waals surface area (Å²) in [5.74, 6) is 1.21. The van der Waals surface area contributed by atoms with Gasteiger partial charge in [0, 0.05) is 26.1 Å². The van der Waals surface area contributed by atoms with E-state index >= 15 is 0 Å². The summed E-state index contributed by atoms with van der Waals surface area (Å²) in [5.41, 5.74) is 0. The Balaban J connectivity index is 1.95. The van der Waals surface area contributed by atoms with Crippen molar-refractivity contribution in [3.8, 4) is 0 Å². The van der Waals surface area contributed by atoms with Crippen molar-refractivity contribution in [2.75, 3.05) is 14.2 Å². The van der Waals surface area contributed by atoms with E-state index in [9.17, 15) is 0 Å². The second-order valence-electron chi connectivity index (χ2n) is 2.91. The third kappa shape index (κ3) is 0.779. The molecule has 1 aliphatic heterocycles. The van der Waals surface area contributed by atoms with E-state index in [1.165, 1.54) is 6.42 Å². The van der Waals surface area contributed by atoms with E-state index in [1.54, 1.807) is 14.2 Å². The Kier molecular flexibility index (Phi) is 1.44. The summed E-state index contributed by atoms with van der Waals surface area (Å²) < 4.78 is 15.6. The molecule has 58 valence electrons. The molecule has 1 aliphatic carbocycles. The van der Waals surface area contributed by atoms with Gasteiger partial charge in [0.25, 0.3) is 0 Å². The van der Waals surface area contributed by atoms with Gasteiger partial charge in [-0.1, -0.05) is 0 Å². The van der Waals surface area contributed by atoms with Crippen molar-refractivity contribution >= 4 is 0 Å². The summed E-state index contributed by atoms with van der Waals surface area (Å²) in [6, 6.07) is 0. The molecule has 1 heterocycles. The Labute approximate surface area is 60.3 Å². The summed E-state index contributed by atoms with van der Waals surface area (Å²) in [7, 11) is 3.36. The highest BCUT2D eigenvalue weighted by Gasteiger charge is 2.56. The molecule has 2 aliphatic rings. The second-order valence-corrected chi connectivity index (χ2v) is 2.91. The van der Waals surface area contributed by atoms with Crippen LogP contribution in [0.3, 0.4) is 0 Å². The topological polar surface area (TPSA) is 27.7 Å². The molecule has 1 saturated heterocycles. The van der Waals surface area contributed by atoms with E-state index in [0.717, 1.165) is 0 Å². The fourth-order valence-electron chi connectivity index (χ4n) is 1.66. The third-order valence-corrected chi connectivity index (χ3v) is 2.32. The summed E-state index contributed by atoms with van der Waals surface area (Å²) in [4.78, 5) is 0. The predicted octanol–water partition coefficient (Wildman–Crippen LogP) is 0.598. The maximum absolute atomic E-state index is 5.38. The van der Waals surface area contributed by atoms with Crippen molar-refractivity contribution in [2.24, 2.45) is 11.8 Å². The van der Waals surface area contributed by atoms with Gasteiger partial charge in [-0.25, -0.2) is 0 Å². The molecule has 0 spiro atoms. The van der Waals surface area contributed by atoms with Crippen LogP contribution in [-0.2, 0) is 14.2 Å². The molecule has 4 unspecified atom stereocenters. The van der Waals surface area contributed by atoms with Gasteiger partial charge in [-0.2, -0.15) is 0 Å². The van der Waals surface area contributed by atoms with Crippen molar-refractivity contribution in [1.29, 1.82) is 0 Å². The zero-order valence-corrected chi connectivity index (χ0v) is 6.24. The Morgan fingerprint density at radius 3 is 1.90 bits per heavy atom. The summed E-state index contributed by atoms with van der Waals surface area (Å²) in [6.45, 7) is 0. The highest BCUT2D eigenvalue weighted by atomic mass is 16.8. The number of hydrogen-bond donors (Lipinski definition) is 0. The van der Waals surface area contributed by atoms with E-state index in [0.29, 0.717) is 11.8 Å². The lowest BCUT2D eigenvalue weighted by Gasteiger charge is -2.14. The number of ether oxygens (including phenoxy) is 3.